The van der Waals surface area contributed by atoms with Gasteiger partial charge < -0.3 is 14.4 Å². The Bertz CT molecular complexity index is 1230. The summed E-state index contributed by atoms with van der Waals surface area (Å²) < 4.78 is 14.1. The first-order chi connectivity index (χ1) is 16.8. The lowest BCUT2D eigenvalue weighted by atomic mass is 9.87. The minimum atomic E-state index is 0.136. The zero-order valence-electron chi connectivity index (χ0n) is 19.3. The van der Waals surface area contributed by atoms with Crippen molar-refractivity contribution in [2.75, 3.05) is 24.6 Å². The second-order valence-electron chi connectivity index (χ2n) is 8.99. The van der Waals surface area contributed by atoms with Gasteiger partial charge >= 0.3 is 0 Å². The first-order valence-corrected chi connectivity index (χ1v) is 12.1. The Morgan fingerprint density at radius 2 is 1.97 bits per heavy atom. The number of anilines is 1. The molecule has 2 aliphatic rings. The topological polar surface area (TPSA) is 94.0 Å². The Kier molecular flexibility index (Phi) is 5.62. The number of aromatic nitrogens is 6. The Labute approximate surface area is 198 Å². The lowest BCUT2D eigenvalue weighted by Crippen LogP contribution is -2.38. The number of ether oxygens (including phenoxy) is 2. The first kappa shape index (κ1) is 21.1. The first-order valence-electron chi connectivity index (χ1n) is 12.1. The van der Waals surface area contributed by atoms with Crippen LogP contribution in [-0.4, -0.2) is 61.9 Å². The fourth-order valence-corrected chi connectivity index (χ4v) is 5.24. The Balaban J connectivity index is 1.17. The summed E-state index contributed by atoms with van der Waals surface area (Å²) in [5.41, 5.74) is 3.21. The summed E-state index contributed by atoms with van der Waals surface area (Å²) in [5.74, 6) is 1.89. The van der Waals surface area contributed by atoms with Gasteiger partial charge in [0.05, 0.1) is 29.9 Å². The van der Waals surface area contributed by atoms with Crippen LogP contribution in [0.4, 0.5) is 5.82 Å². The zero-order valence-corrected chi connectivity index (χ0v) is 19.3. The zero-order chi connectivity index (χ0) is 22.9. The van der Waals surface area contributed by atoms with Crippen LogP contribution in [0.5, 0.6) is 5.88 Å². The average molecular weight is 460 g/mol. The normalized spacial score (nSPS) is 21.0. The van der Waals surface area contributed by atoms with Crippen LogP contribution in [0.25, 0.3) is 11.0 Å². The van der Waals surface area contributed by atoms with Gasteiger partial charge in [0.25, 0.3) is 0 Å². The van der Waals surface area contributed by atoms with E-state index in [0.29, 0.717) is 12.5 Å². The molecule has 1 saturated heterocycles. The lowest BCUT2D eigenvalue weighted by molar-refractivity contribution is 0.0296. The van der Waals surface area contributed by atoms with E-state index in [4.69, 9.17) is 19.6 Å². The number of aromatic amines is 1. The predicted octanol–water partition coefficient (Wildman–Crippen LogP) is 3.54. The van der Waals surface area contributed by atoms with E-state index in [1.54, 1.807) is 6.20 Å². The van der Waals surface area contributed by atoms with Crippen molar-refractivity contribution in [3.8, 4) is 5.88 Å². The van der Waals surface area contributed by atoms with Crippen molar-refractivity contribution in [2.45, 2.75) is 50.9 Å². The summed E-state index contributed by atoms with van der Waals surface area (Å²) in [6.45, 7) is 5.35. The molecule has 2 unspecified atom stereocenters. The molecule has 34 heavy (non-hydrogen) atoms. The van der Waals surface area contributed by atoms with E-state index in [1.807, 2.05) is 37.5 Å². The van der Waals surface area contributed by atoms with Crippen LogP contribution in [0.1, 0.15) is 43.4 Å². The van der Waals surface area contributed by atoms with E-state index < -0.39 is 0 Å². The largest absolute Gasteiger partial charge is 0.474 e. The monoisotopic (exact) mass is 459 g/mol. The highest BCUT2D eigenvalue weighted by atomic mass is 16.5. The SMILES string of the molecule is CCOC1CC(c2ccc(N3CCC(Oc4ccccn4)CC3)nc2)c2c3cn[nH]c3nn2C1. The van der Waals surface area contributed by atoms with Crippen molar-refractivity contribution >= 4 is 16.9 Å². The van der Waals surface area contributed by atoms with Gasteiger partial charge in [-0.2, -0.15) is 10.2 Å². The molecule has 0 aromatic carbocycles. The molecule has 0 aliphatic carbocycles. The minimum absolute atomic E-state index is 0.136. The van der Waals surface area contributed by atoms with Crippen LogP contribution in [0.15, 0.2) is 48.9 Å². The molecule has 0 saturated carbocycles. The van der Waals surface area contributed by atoms with E-state index >= 15 is 0 Å². The van der Waals surface area contributed by atoms with E-state index in [-0.39, 0.29) is 18.1 Å². The predicted molar refractivity (Wildman–Crippen MR) is 128 cm³/mol. The number of fused-ring (bicyclic) bond motifs is 3. The summed E-state index contributed by atoms with van der Waals surface area (Å²) in [7, 11) is 0. The number of pyridine rings is 2. The quantitative estimate of drug-likeness (QED) is 0.471. The lowest BCUT2D eigenvalue weighted by Gasteiger charge is -2.33. The minimum Gasteiger partial charge on any atom is -0.474 e. The van der Waals surface area contributed by atoms with Gasteiger partial charge in [-0.1, -0.05) is 12.1 Å². The number of piperidine rings is 1. The highest BCUT2D eigenvalue weighted by Crippen LogP contribution is 2.38. The molecule has 176 valence electrons. The van der Waals surface area contributed by atoms with E-state index in [9.17, 15) is 0 Å². The highest BCUT2D eigenvalue weighted by Gasteiger charge is 2.33. The summed E-state index contributed by atoms with van der Waals surface area (Å²) >= 11 is 0. The number of nitrogens with one attached hydrogen (secondary N) is 1. The van der Waals surface area contributed by atoms with Gasteiger partial charge in [-0.05, 0) is 31.0 Å². The molecule has 0 bridgehead atoms. The second kappa shape index (κ2) is 9.06. The van der Waals surface area contributed by atoms with Crippen LogP contribution in [0, 0.1) is 0 Å². The van der Waals surface area contributed by atoms with Crippen LogP contribution < -0.4 is 9.64 Å². The molecule has 1 fully saturated rings. The standard InChI is InChI=1S/C25H29N7O2/c1-2-33-19-13-20(24-21-15-28-29-25(21)30-32(24)16-19)17-6-7-22(27-14-17)31-11-8-18(9-12-31)34-23-5-3-4-10-26-23/h3-7,10,14-15,18-20H,2,8-9,11-13,16H2,1H3,(H,29,30). The van der Waals surface area contributed by atoms with E-state index in [1.165, 1.54) is 11.3 Å². The molecule has 9 heteroatoms. The fraction of sp³-hybridized carbons (Fsp3) is 0.440. The maximum Gasteiger partial charge on any atom is 0.213 e. The molecule has 0 spiro atoms. The molecule has 4 aromatic heterocycles. The third-order valence-corrected chi connectivity index (χ3v) is 6.87. The van der Waals surface area contributed by atoms with E-state index in [2.05, 4.69) is 36.9 Å². The van der Waals surface area contributed by atoms with Gasteiger partial charge in [0, 0.05) is 56.9 Å². The van der Waals surface area contributed by atoms with Crippen molar-refractivity contribution in [1.82, 2.24) is 29.9 Å². The molecule has 0 amide bonds. The van der Waals surface area contributed by atoms with Gasteiger partial charge in [0.1, 0.15) is 11.9 Å². The van der Waals surface area contributed by atoms with Gasteiger partial charge in [-0.3, -0.25) is 9.78 Å². The number of rotatable bonds is 6. The molecule has 6 heterocycles. The van der Waals surface area contributed by atoms with Crippen LogP contribution in [0.2, 0.25) is 0 Å². The van der Waals surface area contributed by atoms with Gasteiger partial charge in [-0.25, -0.2) is 9.97 Å². The van der Waals surface area contributed by atoms with Crippen LogP contribution in [-0.2, 0) is 11.3 Å². The molecule has 2 atom stereocenters. The van der Waals surface area contributed by atoms with Gasteiger partial charge in [-0.15, -0.1) is 0 Å². The smallest absolute Gasteiger partial charge is 0.213 e. The molecular weight excluding hydrogens is 430 g/mol. The Hall–Kier alpha value is -3.46. The van der Waals surface area contributed by atoms with Gasteiger partial charge in [0.2, 0.25) is 5.88 Å². The van der Waals surface area contributed by atoms with Crippen molar-refractivity contribution in [3.05, 3.63) is 60.2 Å². The maximum atomic E-state index is 6.04. The molecule has 6 rings (SSSR count). The summed E-state index contributed by atoms with van der Waals surface area (Å²) in [6, 6.07) is 10.1. The van der Waals surface area contributed by atoms with Crippen LogP contribution >= 0.6 is 0 Å². The van der Waals surface area contributed by atoms with Crippen molar-refractivity contribution in [3.63, 3.8) is 0 Å². The summed E-state index contributed by atoms with van der Waals surface area (Å²) in [5, 5.41) is 13.0. The average Bonchev–Trinajstić information content (AvgIpc) is 3.46. The molecular formula is C25H29N7O2. The Morgan fingerprint density at radius 3 is 2.74 bits per heavy atom. The van der Waals surface area contributed by atoms with E-state index in [0.717, 1.165) is 55.7 Å². The van der Waals surface area contributed by atoms with Crippen LogP contribution in [0.3, 0.4) is 0 Å². The number of hydrogen-bond acceptors (Lipinski definition) is 7. The molecule has 2 aliphatic heterocycles. The molecule has 4 aromatic rings. The second-order valence-corrected chi connectivity index (χ2v) is 8.99. The summed E-state index contributed by atoms with van der Waals surface area (Å²) in [6.07, 6.45) is 8.82. The van der Waals surface area contributed by atoms with Crippen molar-refractivity contribution in [2.24, 2.45) is 0 Å². The number of H-pyrrole nitrogens is 1. The molecule has 1 N–H and O–H groups in total. The number of hydrogen-bond donors (Lipinski definition) is 1. The number of nitrogens with zero attached hydrogens (tertiary/aromatic N) is 6. The summed E-state index contributed by atoms with van der Waals surface area (Å²) in [4.78, 5) is 11.5. The van der Waals surface area contributed by atoms with Gasteiger partial charge in [0.15, 0.2) is 5.65 Å². The third kappa shape index (κ3) is 4.00. The fourth-order valence-electron chi connectivity index (χ4n) is 5.24. The molecule has 9 nitrogen and oxygen atoms in total. The third-order valence-electron chi connectivity index (χ3n) is 6.87. The van der Waals surface area contributed by atoms with Crippen molar-refractivity contribution in [1.29, 1.82) is 0 Å². The van der Waals surface area contributed by atoms with Crippen molar-refractivity contribution < 1.29 is 9.47 Å². The highest BCUT2D eigenvalue weighted by molar-refractivity contribution is 5.78. The maximum absolute atomic E-state index is 6.04. The Morgan fingerprint density at radius 1 is 1.06 bits per heavy atom. The molecule has 0 radical (unpaired) electrons.